The van der Waals surface area contributed by atoms with E-state index in [1.54, 1.807) is 12.1 Å². The molecular weight excluding hydrogens is 252 g/mol. The molecule has 1 aromatic carbocycles. The van der Waals surface area contributed by atoms with Crippen LogP contribution in [0.1, 0.15) is 45.6 Å². The van der Waals surface area contributed by atoms with Crippen LogP contribution in [0.4, 0.5) is 5.69 Å². The number of hydrogen-bond donors (Lipinski definition) is 1. The Bertz CT molecular complexity index is 403. The number of nitro groups is 1. The Morgan fingerprint density at radius 2 is 1.90 bits per heavy atom. The molecule has 0 saturated heterocycles. The van der Waals surface area contributed by atoms with Crippen LogP contribution in [0.3, 0.4) is 0 Å². The van der Waals surface area contributed by atoms with Crippen molar-refractivity contribution in [3.8, 4) is 0 Å². The highest BCUT2D eigenvalue weighted by molar-refractivity contribution is 5.33. The SMILES string of the molecule is CCCNC(Cc1ccc([N+](=O)[O-])cc1)CC(C)CC. The first-order valence-corrected chi connectivity index (χ1v) is 7.53. The standard InChI is InChI=1S/C16H26N2O2/c1-4-10-17-15(11-13(3)5-2)12-14-6-8-16(9-7-14)18(19)20/h6-9,13,15,17H,4-5,10-12H2,1-3H3. The third-order valence-electron chi connectivity index (χ3n) is 3.70. The van der Waals surface area contributed by atoms with Crippen LogP contribution in [0.2, 0.25) is 0 Å². The summed E-state index contributed by atoms with van der Waals surface area (Å²) < 4.78 is 0. The molecule has 0 saturated carbocycles. The molecule has 0 bridgehead atoms. The number of nitrogens with one attached hydrogen (secondary N) is 1. The monoisotopic (exact) mass is 278 g/mol. The van der Waals surface area contributed by atoms with E-state index in [1.165, 1.54) is 6.42 Å². The summed E-state index contributed by atoms with van der Waals surface area (Å²) in [6.07, 6.45) is 4.39. The lowest BCUT2D eigenvalue weighted by molar-refractivity contribution is -0.384. The Balaban J connectivity index is 2.64. The maximum Gasteiger partial charge on any atom is 0.269 e. The van der Waals surface area contributed by atoms with Gasteiger partial charge in [-0.15, -0.1) is 0 Å². The summed E-state index contributed by atoms with van der Waals surface area (Å²) >= 11 is 0. The molecule has 0 amide bonds. The highest BCUT2D eigenvalue weighted by atomic mass is 16.6. The van der Waals surface area contributed by atoms with Crippen LogP contribution in [0.25, 0.3) is 0 Å². The van der Waals surface area contributed by atoms with Gasteiger partial charge in [0.15, 0.2) is 0 Å². The van der Waals surface area contributed by atoms with Crippen LogP contribution in [-0.2, 0) is 6.42 Å². The molecule has 112 valence electrons. The van der Waals surface area contributed by atoms with Gasteiger partial charge in [-0.2, -0.15) is 0 Å². The number of nitrogens with zero attached hydrogens (tertiary/aromatic N) is 1. The van der Waals surface area contributed by atoms with Crippen molar-refractivity contribution >= 4 is 5.69 Å². The zero-order chi connectivity index (χ0) is 15.0. The largest absolute Gasteiger partial charge is 0.314 e. The lowest BCUT2D eigenvalue weighted by Crippen LogP contribution is -2.33. The Morgan fingerprint density at radius 1 is 1.25 bits per heavy atom. The number of hydrogen-bond acceptors (Lipinski definition) is 3. The first kappa shape index (κ1) is 16.6. The summed E-state index contributed by atoms with van der Waals surface area (Å²) in [5.41, 5.74) is 1.32. The summed E-state index contributed by atoms with van der Waals surface area (Å²) in [5.74, 6) is 0.697. The van der Waals surface area contributed by atoms with E-state index in [-0.39, 0.29) is 10.6 Å². The first-order chi connectivity index (χ1) is 9.56. The van der Waals surface area contributed by atoms with Gasteiger partial charge < -0.3 is 5.32 Å². The molecule has 0 aromatic heterocycles. The van der Waals surface area contributed by atoms with Crippen molar-refractivity contribution in [2.45, 2.75) is 52.5 Å². The second-order valence-corrected chi connectivity index (χ2v) is 5.53. The number of rotatable bonds is 9. The van der Waals surface area contributed by atoms with Crippen LogP contribution in [0.15, 0.2) is 24.3 Å². The van der Waals surface area contributed by atoms with Gasteiger partial charge in [-0.25, -0.2) is 0 Å². The predicted octanol–water partition coefficient (Wildman–Crippen LogP) is 3.94. The van der Waals surface area contributed by atoms with Gasteiger partial charge in [0, 0.05) is 18.2 Å². The van der Waals surface area contributed by atoms with E-state index in [4.69, 9.17) is 0 Å². The summed E-state index contributed by atoms with van der Waals surface area (Å²) in [5, 5.41) is 14.2. The van der Waals surface area contributed by atoms with E-state index < -0.39 is 0 Å². The summed E-state index contributed by atoms with van der Waals surface area (Å²) in [4.78, 5) is 10.3. The minimum atomic E-state index is -0.351. The molecular formula is C16H26N2O2. The van der Waals surface area contributed by atoms with Crippen LogP contribution < -0.4 is 5.32 Å². The second-order valence-electron chi connectivity index (χ2n) is 5.53. The molecule has 1 rings (SSSR count). The highest BCUT2D eigenvalue weighted by Gasteiger charge is 2.13. The summed E-state index contributed by atoms with van der Waals surface area (Å²) in [6, 6.07) is 7.38. The average Bonchev–Trinajstić information content (AvgIpc) is 2.45. The van der Waals surface area contributed by atoms with Gasteiger partial charge >= 0.3 is 0 Å². The first-order valence-electron chi connectivity index (χ1n) is 7.53. The molecule has 2 atom stereocenters. The minimum absolute atomic E-state index is 0.161. The molecule has 0 aliphatic rings. The van der Waals surface area contributed by atoms with Crippen molar-refractivity contribution < 1.29 is 4.92 Å². The fraction of sp³-hybridized carbons (Fsp3) is 0.625. The molecule has 0 spiro atoms. The number of nitro benzene ring substituents is 1. The molecule has 4 heteroatoms. The van der Waals surface area contributed by atoms with Gasteiger partial charge in [0.05, 0.1) is 4.92 Å². The topological polar surface area (TPSA) is 55.2 Å². The van der Waals surface area contributed by atoms with Gasteiger partial charge in [-0.1, -0.05) is 39.3 Å². The third-order valence-corrected chi connectivity index (χ3v) is 3.70. The molecule has 4 nitrogen and oxygen atoms in total. The van der Waals surface area contributed by atoms with Crippen LogP contribution in [-0.4, -0.2) is 17.5 Å². The predicted molar refractivity (Wildman–Crippen MR) is 83.0 cm³/mol. The molecule has 0 heterocycles. The van der Waals surface area contributed by atoms with Gasteiger partial charge in [0.25, 0.3) is 5.69 Å². The van der Waals surface area contributed by atoms with E-state index >= 15 is 0 Å². The van der Waals surface area contributed by atoms with Crippen molar-refractivity contribution in [1.29, 1.82) is 0 Å². The van der Waals surface area contributed by atoms with Crippen molar-refractivity contribution in [2.24, 2.45) is 5.92 Å². The molecule has 0 aliphatic heterocycles. The van der Waals surface area contributed by atoms with Crippen molar-refractivity contribution in [1.82, 2.24) is 5.32 Å². The lowest BCUT2D eigenvalue weighted by Gasteiger charge is -2.21. The molecule has 0 fully saturated rings. The van der Waals surface area contributed by atoms with Crippen molar-refractivity contribution in [3.05, 3.63) is 39.9 Å². The molecule has 1 aromatic rings. The second kappa shape index (κ2) is 8.69. The third kappa shape index (κ3) is 5.70. The maximum absolute atomic E-state index is 10.7. The molecule has 1 N–H and O–H groups in total. The van der Waals surface area contributed by atoms with Gasteiger partial charge in [-0.3, -0.25) is 10.1 Å². The maximum atomic E-state index is 10.7. The van der Waals surface area contributed by atoms with Gasteiger partial charge in [0.2, 0.25) is 0 Å². The Labute approximate surface area is 121 Å². The minimum Gasteiger partial charge on any atom is -0.314 e. The zero-order valence-electron chi connectivity index (χ0n) is 12.8. The lowest BCUT2D eigenvalue weighted by atomic mass is 9.94. The van der Waals surface area contributed by atoms with Gasteiger partial charge in [0.1, 0.15) is 0 Å². The van der Waals surface area contributed by atoms with Crippen LogP contribution in [0.5, 0.6) is 0 Å². The van der Waals surface area contributed by atoms with E-state index in [0.717, 1.165) is 31.4 Å². The highest BCUT2D eigenvalue weighted by Crippen LogP contribution is 2.17. The average molecular weight is 278 g/mol. The quantitative estimate of drug-likeness (QED) is 0.550. The summed E-state index contributed by atoms with van der Waals surface area (Å²) in [7, 11) is 0. The molecule has 0 radical (unpaired) electrons. The van der Waals surface area contributed by atoms with E-state index in [9.17, 15) is 10.1 Å². The molecule has 2 unspecified atom stereocenters. The number of non-ortho nitro benzene ring substituents is 1. The fourth-order valence-corrected chi connectivity index (χ4v) is 2.28. The van der Waals surface area contributed by atoms with Gasteiger partial charge in [-0.05, 0) is 37.3 Å². The normalized spacial score (nSPS) is 13.9. The van der Waals surface area contributed by atoms with Crippen LogP contribution >= 0.6 is 0 Å². The Morgan fingerprint density at radius 3 is 2.40 bits per heavy atom. The van der Waals surface area contributed by atoms with Crippen molar-refractivity contribution in [3.63, 3.8) is 0 Å². The fourth-order valence-electron chi connectivity index (χ4n) is 2.28. The van der Waals surface area contributed by atoms with E-state index in [0.29, 0.717) is 12.0 Å². The Hall–Kier alpha value is -1.42. The molecule has 20 heavy (non-hydrogen) atoms. The Kier molecular flexibility index (Phi) is 7.23. The molecule has 0 aliphatic carbocycles. The number of benzene rings is 1. The van der Waals surface area contributed by atoms with E-state index in [2.05, 4.69) is 26.1 Å². The smallest absolute Gasteiger partial charge is 0.269 e. The van der Waals surface area contributed by atoms with Crippen molar-refractivity contribution in [2.75, 3.05) is 6.54 Å². The van der Waals surface area contributed by atoms with Crippen LogP contribution in [0, 0.1) is 16.0 Å². The van der Waals surface area contributed by atoms with E-state index in [1.807, 2.05) is 12.1 Å². The summed E-state index contributed by atoms with van der Waals surface area (Å²) in [6.45, 7) is 7.68. The zero-order valence-corrected chi connectivity index (χ0v) is 12.8.